The van der Waals surface area contributed by atoms with Crippen LogP contribution < -0.4 is 5.32 Å². The Labute approximate surface area is 94.8 Å². The molecule has 0 aliphatic rings. The van der Waals surface area contributed by atoms with Gasteiger partial charge in [-0.1, -0.05) is 22.9 Å². The summed E-state index contributed by atoms with van der Waals surface area (Å²) in [5, 5.41) is 2.30. The summed E-state index contributed by atoms with van der Waals surface area (Å²) in [5.41, 5.74) is -0.141. The van der Waals surface area contributed by atoms with E-state index in [-0.39, 0.29) is 11.6 Å². The van der Waals surface area contributed by atoms with Crippen LogP contribution in [0.5, 0.6) is 0 Å². The molecule has 0 aliphatic heterocycles. The van der Waals surface area contributed by atoms with Crippen molar-refractivity contribution < 1.29 is 13.6 Å². The molecule has 0 bridgehead atoms. The van der Waals surface area contributed by atoms with E-state index in [4.69, 9.17) is 0 Å². The fourth-order valence-corrected chi connectivity index (χ4v) is 1.10. The lowest BCUT2D eigenvalue weighted by atomic mass is 10.2. The SMILES string of the molecule is CCC(Br)C(=O)Nc1cc(F)ccc1F. The Bertz CT molecular complexity index is 370. The molecule has 1 atom stereocenters. The average Bonchev–Trinajstić information content (AvgIpc) is 2.22. The zero-order chi connectivity index (χ0) is 11.4. The summed E-state index contributed by atoms with van der Waals surface area (Å²) in [5.74, 6) is -1.63. The van der Waals surface area contributed by atoms with E-state index in [1.807, 2.05) is 0 Å². The number of rotatable bonds is 3. The number of benzene rings is 1. The van der Waals surface area contributed by atoms with Crippen LogP contribution in [0.4, 0.5) is 14.5 Å². The highest BCUT2D eigenvalue weighted by Gasteiger charge is 2.14. The molecule has 0 aliphatic carbocycles. The van der Waals surface area contributed by atoms with Gasteiger partial charge in [0.05, 0.1) is 10.5 Å². The van der Waals surface area contributed by atoms with Gasteiger partial charge >= 0.3 is 0 Å². The molecule has 5 heteroatoms. The Kier molecular flexibility index (Phi) is 4.20. The Balaban J connectivity index is 2.80. The minimum absolute atomic E-state index is 0.141. The van der Waals surface area contributed by atoms with Gasteiger partial charge in [0.2, 0.25) is 5.91 Å². The number of alkyl halides is 1. The summed E-state index contributed by atoms with van der Waals surface area (Å²) in [6.07, 6.45) is 0.572. The molecule has 1 unspecified atom stereocenters. The molecule has 1 N–H and O–H groups in total. The first-order valence-electron chi connectivity index (χ1n) is 4.44. The van der Waals surface area contributed by atoms with Crippen LogP contribution >= 0.6 is 15.9 Å². The van der Waals surface area contributed by atoms with Crippen LogP contribution in [0.15, 0.2) is 18.2 Å². The van der Waals surface area contributed by atoms with Crippen molar-refractivity contribution in [1.82, 2.24) is 0 Å². The van der Waals surface area contributed by atoms with E-state index in [0.29, 0.717) is 6.42 Å². The van der Waals surface area contributed by atoms with Gasteiger partial charge in [0.25, 0.3) is 0 Å². The van der Waals surface area contributed by atoms with E-state index in [1.54, 1.807) is 6.92 Å². The van der Waals surface area contributed by atoms with Crippen molar-refractivity contribution in [2.24, 2.45) is 0 Å². The van der Waals surface area contributed by atoms with Gasteiger partial charge in [-0.05, 0) is 18.6 Å². The highest BCUT2D eigenvalue weighted by atomic mass is 79.9. The van der Waals surface area contributed by atoms with Crippen LogP contribution in [0.3, 0.4) is 0 Å². The molecule has 0 radical (unpaired) electrons. The van der Waals surface area contributed by atoms with Crippen LogP contribution in [0.2, 0.25) is 0 Å². The van der Waals surface area contributed by atoms with Crippen molar-refractivity contribution in [3.63, 3.8) is 0 Å². The van der Waals surface area contributed by atoms with Crippen molar-refractivity contribution in [3.8, 4) is 0 Å². The van der Waals surface area contributed by atoms with Crippen LogP contribution in [-0.4, -0.2) is 10.7 Å². The van der Waals surface area contributed by atoms with Gasteiger partial charge in [-0.15, -0.1) is 0 Å². The minimum atomic E-state index is -0.652. The standard InChI is InChI=1S/C10H10BrF2NO/c1-2-7(11)10(15)14-9-5-6(12)3-4-8(9)13/h3-5,7H,2H2,1H3,(H,14,15). The molecule has 82 valence electrons. The molecular weight excluding hydrogens is 268 g/mol. The molecule has 0 fully saturated rings. The Morgan fingerprint density at radius 2 is 2.20 bits per heavy atom. The highest BCUT2D eigenvalue weighted by molar-refractivity contribution is 9.10. The van der Waals surface area contributed by atoms with Crippen molar-refractivity contribution in [3.05, 3.63) is 29.8 Å². The topological polar surface area (TPSA) is 29.1 Å². The van der Waals surface area contributed by atoms with Crippen molar-refractivity contribution in [1.29, 1.82) is 0 Å². The minimum Gasteiger partial charge on any atom is -0.323 e. The van der Waals surface area contributed by atoms with Crippen molar-refractivity contribution in [2.45, 2.75) is 18.2 Å². The lowest BCUT2D eigenvalue weighted by molar-refractivity contribution is -0.115. The number of amides is 1. The third-order valence-electron chi connectivity index (χ3n) is 1.83. The van der Waals surface area contributed by atoms with Crippen LogP contribution in [0, 0.1) is 11.6 Å². The summed E-state index contributed by atoms with van der Waals surface area (Å²) in [7, 11) is 0. The molecule has 0 saturated heterocycles. The van der Waals surface area contributed by atoms with Crippen LogP contribution in [0.25, 0.3) is 0 Å². The van der Waals surface area contributed by atoms with E-state index in [0.717, 1.165) is 18.2 Å². The van der Waals surface area contributed by atoms with Gasteiger partial charge in [0.1, 0.15) is 11.6 Å². The van der Waals surface area contributed by atoms with Gasteiger partial charge in [0, 0.05) is 6.07 Å². The summed E-state index contributed by atoms with van der Waals surface area (Å²) in [6.45, 7) is 1.81. The van der Waals surface area contributed by atoms with E-state index in [2.05, 4.69) is 21.2 Å². The van der Waals surface area contributed by atoms with E-state index < -0.39 is 16.5 Å². The molecule has 1 rings (SSSR count). The third-order valence-corrected chi connectivity index (χ3v) is 2.89. The summed E-state index contributed by atoms with van der Waals surface area (Å²) >= 11 is 3.11. The molecule has 0 spiro atoms. The van der Waals surface area contributed by atoms with Gasteiger partial charge < -0.3 is 5.32 Å². The van der Waals surface area contributed by atoms with E-state index >= 15 is 0 Å². The summed E-state index contributed by atoms with van der Waals surface area (Å²) < 4.78 is 25.9. The van der Waals surface area contributed by atoms with Crippen molar-refractivity contribution >= 4 is 27.5 Å². The van der Waals surface area contributed by atoms with Crippen molar-refractivity contribution in [2.75, 3.05) is 5.32 Å². The maximum absolute atomic E-state index is 13.1. The zero-order valence-corrected chi connectivity index (χ0v) is 9.64. The number of anilines is 1. The summed E-state index contributed by atoms with van der Waals surface area (Å²) in [4.78, 5) is 11.0. The van der Waals surface area contributed by atoms with E-state index in [9.17, 15) is 13.6 Å². The summed E-state index contributed by atoms with van der Waals surface area (Å²) in [6, 6.07) is 2.92. The predicted molar refractivity (Wildman–Crippen MR) is 58.0 cm³/mol. The second-order valence-electron chi connectivity index (χ2n) is 2.99. The fraction of sp³-hybridized carbons (Fsp3) is 0.300. The number of hydrogen-bond donors (Lipinski definition) is 1. The van der Waals surface area contributed by atoms with E-state index in [1.165, 1.54) is 0 Å². The Morgan fingerprint density at radius 3 is 2.80 bits per heavy atom. The molecule has 2 nitrogen and oxygen atoms in total. The molecule has 1 aromatic carbocycles. The average molecular weight is 278 g/mol. The lowest BCUT2D eigenvalue weighted by Gasteiger charge is -2.09. The normalized spacial score (nSPS) is 12.3. The number of carbonyl (C=O) groups is 1. The Hall–Kier alpha value is -0.970. The van der Waals surface area contributed by atoms with Crippen LogP contribution in [-0.2, 0) is 4.79 Å². The maximum Gasteiger partial charge on any atom is 0.238 e. The van der Waals surface area contributed by atoms with Gasteiger partial charge in [-0.25, -0.2) is 8.78 Å². The molecule has 1 aromatic rings. The number of nitrogens with one attached hydrogen (secondary N) is 1. The largest absolute Gasteiger partial charge is 0.323 e. The van der Waals surface area contributed by atoms with Crippen LogP contribution in [0.1, 0.15) is 13.3 Å². The molecular formula is C10H10BrF2NO. The Morgan fingerprint density at radius 1 is 1.53 bits per heavy atom. The second-order valence-corrected chi connectivity index (χ2v) is 4.09. The smallest absolute Gasteiger partial charge is 0.238 e. The maximum atomic E-state index is 13.1. The van der Waals surface area contributed by atoms with Gasteiger partial charge in [-0.2, -0.15) is 0 Å². The quantitative estimate of drug-likeness (QED) is 0.846. The molecule has 0 heterocycles. The van der Waals surface area contributed by atoms with Gasteiger partial charge in [0.15, 0.2) is 0 Å². The highest BCUT2D eigenvalue weighted by Crippen LogP contribution is 2.17. The zero-order valence-electron chi connectivity index (χ0n) is 8.06. The molecule has 15 heavy (non-hydrogen) atoms. The first-order valence-corrected chi connectivity index (χ1v) is 5.36. The second kappa shape index (κ2) is 5.21. The molecule has 0 aromatic heterocycles. The molecule has 0 saturated carbocycles. The first kappa shape index (κ1) is 12.1. The monoisotopic (exact) mass is 277 g/mol. The molecule has 1 amide bonds. The number of halogens is 3. The van der Waals surface area contributed by atoms with Gasteiger partial charge in [-0.3, -0.25) is 4.79 Å². The predicted octanol–water partition coefficient (Wildman–Crippen LogP) is 3.08. The fourth-order valence-electron chi connectivity index (χ4n) is 0.990. The number of carbonyl (C=O) groups excluding carboxylic acids is 1. The number of hydrogen-bond acceptors (Lipinski definition) is 1. The first-order chi connectivity index (χ1) is 7.04. The lowest BCUT2D eigenvalue weighted by Crippen LogP contribution is -2.22. The third kappa shape index (κ3) is 3.27.